The van der Waals surface area contributed by atoms with Gasteiger partial charge in [-0.1, -0.05) is 13.8 Å². The van der Waals surface area contributed by atoms with Gasteiger partial charge in [0.05, 0.1) is 18.2 Å². The van der Waals surface area contributed by atoms with Gasteiger partial charge in [-0.05, 0) is 25.8 Å². The van der Waals surface area contributed by atoms with Gasteiger partial charge in [0.25, 0.3) is 0 Å². The van der Waals surface area contributed by atoms with Crippen LogP contribution in [0.5, 0.6) is 0 Å². The van der Waals surface area contributed by atoms with Crippen LogP contribution in [-0.4, -0.2) is 99.2 Å². The molecule has 2 rings (SSSR count). The summed E-state index contributed by atoms with van der Waals surface area (Å²) in [5.74, 6) is 0.374. The second-order valence-corrected chi connectivity index (χ2v) is 8.16. The van der Waals surface area contributed by atoms with E-state index in [4.69, 9.17) is 20.9 Å². The van der Waals surface area contributed by atoms with Gasteiger partial charge in [-0.15, -0.1) is 0 Å². The Morgan fingerprint density at radius 1 is 1.04 bits per heavy atom. The number of nitrogens with one attached hydrogen (secondary N) is 1. The van der Waals surface area contributed by atoms with Gasteiger partial charge in [-0.25, -0.2) is 0 Å². The molecule has 160 valence electrons. The zero-order valence-electron chi connectivity index (χ0n) is 16.0. The van der Waals surface area contributed by atoms with Crippen molar-refractivity contribution < 1.29 is 35.0 Å². The van der Waals surface area contributed by atoms with Crippen molar-refractivity contribution in [2.24, 2.45) is 17.4 Å². The molecule has 0 amide bonds. The average Bonchev–Trinajstić information content (AvgIpc) is 2.59. The SMILES string of the molecule is CC(C)CNC1CC(N)[C@@H](O[C@H]2OC([C@@H](C)O)[C@@H](O)C(O)[C@@H]2N)C(O)[C@@H]1O. The summed E-state index contributed by atoms with van der Waals surface area (Å²) in [6.45, 7) is 6.14. The van der Waals surface area contributed by atoms with E-state index < -0.39 is 61.1 Å². The molecule has 1 aliphatic carbocycles. The van der Waals surface area contributed by atoms with Crippen molar-refractivity contribution >= 4 is 0 Å². The Kier molecular flexibility index (Phi) is 7.97. The van der Waals surface area contributed by atoms with E-state index in [2.05, 4.69) is 5.32 Å². The molecule has 10 nitrogen and oxygen atoms in total. The Morgan fingerprint density at radius 3 is 2.22 bits per heavy atom. The quantitative estimate of drug-likeness (QED) is 0.226. The van der Waals surface area contributed by atoms with Crippen LogP contribution in [0.15, 0.2) is 0 Å². The highest BCUT2D eigenvalue weighted by molar-refractivity contribution is 5.00. The van der Waals surface area contributed by atoms with Gasteiger partial charge in [0.1, 0.15) is 30.5 Å². The third-order valence-corrected chi connectivity index (χ3v) is 5.29. The van der Waals surface area contributed by atoms with Crippen molar-refractivity contribution in [2.45, 2.75) is 94.3 Å². The van der Waals surface area contributed by atoms with E-state index in [1.807, 2.05) is 13.8 Å². The van der Waals surface area contributed by atoms with Gasteiger partial charge in [0.15, 0.2) is 6.29 Å². The summed E-state index contributed by atoms with van der Waals surface area (Å²) in [6.07, 6.45) is -9.15. The maximum Gasteiger partial charge on any atom is 0.176 e. The molecule has 1 saturated carbocycles. The lowest BCUT2D eigenvalue weighted by molar-refractivity contribution is -0.301. The van der Waals surface area contributed by atoms with Crippen molar-refractivity contribution in [2.75, 3.05) is 6.54 Å². The van der Waals surface area contributed by atoms with E-state index in [1.165, 1.54) is 6.92 Å². The fourth-order valence-corrected chi connectivity index (χ4v) is 3.61. The standard InChI is InChI=1S/C17H35N3O7/c1-6(2)5-20-9-4-8(18)16(13(24)11(9)22)27-17-10(19)12(23)14(25)15(26-17)7(3)21/h6-17,20-25H,4-5,18-19H2,1-3H3/t7-,8?,9?,10+,11-,12?,13?,14+,15?,16-,17-/m1/s1. The molecule has 1 aliphatic heterocycles. The van der Waals surface area contributed by atoms with Crippen LogP contribution in [0.4, 0.5) is 0 Å². The highest BCUT2D eigenvalue weighted by Crippen LogP contribution is 2.28. The van der Waals surface area contributed by atoms with Crippen molar-refractivity contribution in [3.05, 3.63) is 0 Å². The molecular weight excluding hydrogens is 358 g/mol. The fourth-order valence-electron chi connectivity index (χ4n) is 3.61. The predicted molar refractivity (Wildman–Crippen MR) is 96.4 cm³/mol. The topological polar surface area (TPSA) is 184 Å². The summed E-state index contributed by atoms with van der Waals surface area (Å²) in [6, 6.07) is -2.10. The lowest BCUT2D eigenvalue weighted by atomic mass is 9.83. The monoisotopic (exact) mass is 393 g/mol. The molecule has 1 saturated heterocycles. The summed E-state index contributed by atoms with van der Waals surface area (Å²) in [4.78, 5) is 0. The van der Waals surface area contributed by atoms with E-state index in [9.17, 15) is 25.5 Å². The zero-order valence-corrected chi connectivity index (χ0v) is 16.0. The minimum atomic E-state index is -1.38. The maximum atomic E-state index is 10.5. The molecule has 27 heavy (non-hydrogen) atoms. The Balaban J connectivity index is 2.05. The van der Waals surface area contributed by atoms with Crippen LogP contribution in [0.1, 0.15) is 27.2 Å². The number of hydrogen-bond acceptors (Lipinski definition) is 10. The van der Waals surface area contributed by atoms with Gasteiger partial charge < -0.3 is 51.8 Å². The fraction of sp³-hybridized carbons (Fsp3) is 1.00. The van der Waals surface area contributed by atoms with Crippen LogP contribution in [0, 0.1) is 5.92 Å². The minimum absolute atomic E-state index is 0.364. The van der Waals surface area contributed by atoms with E-state index in [-0.39, 0.29) is 6.04 Å². The molecule has 10 heteroatoms. The highest BCUT2D eigenvalue weighted by atomic mass is 16.7. The van der Waals surface area contributed by atoms with Crippen molar-refractivity contribution in [3.63, 3.8) is 0 Å². The highest BCUT2D eigenvalue weighted by Gasteiger charge is 2.49. The smallest absolute Gasteiger partial charge is 0.176 e. The van der Waals surface area contributed by atoms with E-state index in [1.54, 1.807) is 0 Å². The van der Waals surface area contributed by atoms with Crippen LogP contribution in [-0.2, 0) is 9.47 Å². The first-order chi connectivity index (χ1) is 12.5. The Labute approximate surface area is 159 Å². The van der Waals surface area contributed by atoms with Crippen LogP contribution < -0.4 is 16.8 Å². The first kappa shape index (κ1) is 22.9. The molecule has 0 bridgehead atoms. The van der Waals surface area contributed by atoms with Crippen molar-refractivity contribution in [1.29, 1.82) is 0 Å². The molecule has 1 heterocycles. The molecule has 11 atom stereocenters. The van der Waals surface area contributed by atoms with Gasteiger partial charge in [-0.2, -0.15) is 0 Å². The normalized spacial score (nSPS) is 47.2. The van der Waals surface area contributed by atoms with Crippen LogP contribution in [0.25, 0.3) is 0 Å². The van der Waals surface area contributed by atoms with Gasteiger partial charge in [0.2, 0.25) is 0 Å². The summed E-state index contributed by atoms with van der Waals surface area (Å²) >= 11 is 0. The maximum absolute atomic E-state index is 10.5. The predicted octanol–water partition coefficient (Wildman–Crippen LogP) is -3.41. The second kappa shape index (κ2) is 9.40. The molecule has 0 aromatic carbocycles. The third-order valence-electron chi connectivity index (χ3n) is 5.29. The molecular formula is C17H35N3O7. The Bertz CT molecular complexity index is 470. The van der Waals surface area contributed by atoms with Crippen molar-refractivity contribution in [1.82, 2.24) is 5.32 Å². The minimum Gasteiger partial charge on any atom is -0.391 e. The number of hydrogen-bond donors (Lipinski definition) is 8. The van der Waals surface area contributed by atoms with E-state index >= 15 is 0 Å². The Morgan fingerprint density at radius 2 is 1.67 bits per heavy atom. The molecule has 0 radical (unpaired) electrons. The van der Waals surface area contributed by atoms with Gasteiger partial charge in [-0.3, -0.25) is 0 Å². The summed E-state index contributed by atoms with van der Waals surface area (Å²) in [7, 11) is 0. The van der Waals surface area contributed by atoms with Crippen LogP contribution in [0.2, 0.25) is 0 Å². The van der Waals surface area contributed by atoms with E-state index in [0.29, 0.717) is 18.9 Å². The average molecular weight is 393 g/mol. The van der Waals surface area contributed by atoms with Gasteiger partial charge in [0, 0.05) is 12.1 Å². The molecule has 2 aliphatic rings. The van der Waals surface area contributed by atoms with E-state index in [0.717, 1.165) is 0 Å². The number of aliphatic hydroxyl groups is 5. The van der Waals surface area contributed by atoms with Crippen LogP contribution in [0.3, 0.4) is 0 Å². The molecule has 0 aromatic heterocycles. The summed E-state index contributed by atoms with van der Waals surface area (Å²) in [5, 5.41) is 54.0. The summed E-state index contributed by atoms with van der Waals surface area (Å²) < 4.78 is 11.2. The first-order valence-electron chi connectivity index (χ1n) is 9.50. The van der Waals surface area contributed by atoms with Crippen LogP contribution >= 0.6 is 0 Å². The number of aliphatic hydroxyl groups excluding tert-OH is 5. The Hall–Kier alpha value is -0.400. The lowest BCUT2D eigenvalue weighted by Gasteiger charge is -2.47. The summed E-state index contributed by atoms with van der Waals surface area (Å²) in [5.41, 5.74) is 12.0. The molecule has 0 aromatic rings. The zero-order chi connectivity index (χ0) is 20.5. The molecule has 0 spiro atoms. The van der Waals surface area contributed by atoms with Gasteiger partial charge >= 0.3 is 0 Å². The molecule has 5 unspecified atom stereocenters. The third kappa shape index (κ3) is 5.15. The van der Waals surface area contributed by atoms with Crippen molar-refractivity contribution in [3.8, 4) is 0 Å². The first-order valence-corrected chi connectivity index (χ1v) is 9.50. The molecule has 10 N–H and O–H groups in total. The number of nitrogens with two attached hydrogens (primary N) is 2. The second-order valence-electron chi connectivity index (χ2n) is 8.16. The lowest BCUT2D eigenvalue weighted by Crippen LogP contribution is -2.68. The number of ether oxygens (including phenoxy) is 2. The largest absolute Gasteiger partial charge is 0.391 e. The molecule has 2 fully saturated rings. The number of rotatable bonds is 6.